The summed E-state index contributed by atoms with van der Waals surface area (Å²) in [5.74, 6) is 1.95. The zero-order chi connectivity index (χ0) is 15.1. The van der Waals surface area contributed by atoms with Crippen molar-refractivity contribution in [3.63, 3.8) is 0 Å². The van der Waals surface area contributed by atoms with E-state index in [-0.39, 0.29) is 6.10 Å². The van der Waals surface area contributed by atoms with E-state index in [0.717, 1.165) is 26.1 Å². The second-order valence-electron chi connectivity index (χ2n) is 6.39. The molecule has 0 aromatic carbocycles. The number of aromatic nitrogens is 2. The number of hydrogen-bond acceptors (Lipinski definition) is 6. The van der Waals surface area contributed by atoms with Crippen molar-refractivity contribution in [3.8, 4) is 0 Å². The van der Waals surface area contributed by atoms with Gasteiger partial charge in [-0.3, -0.25) is 4.90 Å². The fourth-order valence-corrected chi connectivity index (χ4v) is 4.46. The summed E-state index contributed by atoms with van der Waals surface area (Å²) in [5.41, 5.74) is 1.40. The van der Waals surface area contributed by atoms with Crippen LogP contribution in [-0.2, 0) is 11.3 Å². The molecule has 2 saturated heterocycles. The van der Waals surface area contributed by atoms with E-state index in [4.69, 9.17) is 9.26 Å². The average Bonchev–Trinajstić information content (AvgIpc) is 3.19. The van der Waals surface area contributed by atoms with Crippen LogP contribution in [0.25, 0.3) is 0 Å². The average molecular weight is 319 g/mol. The van der Waals surface area contributed by atoms with E-state index in [1.54, 1.807) is 0 Å². The van der Waals surface area contributed by atoms with Crippen LogP contribution in [0, 0.1) is 19.8 Å². The molecular formula is C16H21N3O2S. The Labute approximate surface area is 134 Å². The Morgan fingerprint density at radius 1 is 1.41 bits per heavy atom. The highest BCUT2D eigenvalue weighted by Gasteiger charge is 2.41. The molecule has 2 aromatic heterocycles. The topological polar surface area (TPSA) is 51.4 Å². The van der Waals surface area contributed by atoms with Gasteiger partial charge in [-0.15, -0.1) is 11.3 Å². The highest BCUT2D eigenvalue weighted by atomic mass is 32.1. The molecule has 3 atom stereocenters. The van der Waals surface area contributed by atoms with E-state index in [0.29, 0.717) is 23.7 Å². The van der Waals surface area contributed by atoms with Crippen molar-refractivity contribution >= 4 is 11.3 Å². The molecule has 5 nitrogen and oxygen atoms in total. The minimum atomic E-state index is -0.0142. The second kappa shape index (κ2) is 5.76. The van der Waals surface area contributed by atoms with Crippen molar-refractivity contribution in [1.29, 1.82) is 0 Å². The molecule has 0 N–H and O–H groups in total. The summed E-state index contributed by atoms with van der Waals surface area (Å²) < 4.78 is 11.5. The summed E-state index contributed by atoms with van der Waals surface area (Å²) in [5, 5.41) is 6.06. The third-order valence-corrected chi connectivity index (χ3v) is 5.80. The summed E-state index contributed by atoms with van der Waals surface area (Å²) >= 11 is 1.85. The van der Waals surface area contributed by atoms with Gasteiger partial charge < -0.3 is 9.26 Å². The molecule has 0 bridgehead atoms. The minimum Gasteiger partial charge on any atom is -0.364 e. The maximum absolute atomic E-state index is 6.21. The normalized spacial score (nSPS) is 28.9. The van der Waals surface area contributed by atoms with Gasteiger partial charge >= 0.3 is 0 Å². The minimum absolute atomic E-state index is 0.0142. The van der Waals surface area contributed by atoms with Gasteiger partial charge in [0.2, 0.25) is 0 Å². The predicted octanol–water partition coefficient (Wildman–Crippen LogP) is 3.10. The fraction of sp³-hybridized carbons (Fsp3) is 0.625. The van der Waals surface area contributed by atoms with Gasteiger partial charge in [-0.1, -0.05) is 5.16 Å². The largest absolute Gasteiger partial charge is 0.364 e. The molecule has 0 spiro atoms. The smallest absolute Gasteiger partial charge is 0.255 e. The first-order valence-corrected chi connectivity index (χ1v) is 8.78. The second-order valence-corrected chi connectivity index (χ2v) is 7.39. The SMILES string of the molecule is Cc1noc([C@@H]2C[C@@H]3CCN(Cc4sccc4C)C[C@H]3O2)n1. The molecule has 2 aromatic rings. The molecule has 4 heterocycles. The van der Waals surface area contributed by atoms with Crippen LogP contribution in [0.2, 0.25) is 0 Å². The first kappa shape index (κ1) is 14.4. The first-order valence-electron chi connectivity index (χ1n) is 7.90. The Hall–Kier alpha value is -1.24. The number of ether oxygens (including phenoxy) is 1. The summed E-state index contributed by atoms with van der Waals surface area (Å²) in [6, 6.07) is 2.20. The Bertz CT molecular complexity index is 653. The molecule has 0 amide bonds. The lowest BCUT2D eigenvalue weighted by molar-refractivity contribution is -0.0188. The van der Waals surface area contributed by atoms with Crippen LogP contribution in [0.3, 0.4) is 0 Å². The van der Waals surface area contributed by atoms with Crippen LogP contribution in [-0.4, -0.2) is 34.2 Å². The summed E-state index contributed by atoms with van der Waals surface area (Å²) in [6.07, 6.45) is 2.49. The third-order valence-electron chi connectivity index (χ3n) is 4.79. The Kier molecular flexibility index (Phi) is 3.76. The van der Waals surface area contributed by atoms with Crippen molar-refractivity contribution in [1.82, 2.24) is 15.0 Å². The van der Waals surface area contributed by atoms with E-state index >= 15 is 0 Å². The number of likely N-dealkylation sites (tertiary alicyclic amines) is 1. The summed E-state index contributed by atoms with van der Waals surface area (Å²) in [7, 11) is 0. The molecule has 4 rings (SSSR count). The van der Waals surface area contributed by atoms with Crippen LogP contribution < -0.4 is 0 Å². The highest BCUT2D eigenvalue weighted by molar-refractivity contribution is 7.10. The first-order chi connectivity index (χ1) is 10.7. The zero-order valence-electron chi connectivity index (χ0n) is 13.0. The van der Waals surface area contributed by atoms with Gasteiger partial charge in [0.15, 0.2) is 5.82 Å². The number of rotatable bonds is 3. The molecule has 0 aliphatic carbocycles. The lowest BCUT2D eigenvalue weighted by Gasteiger charge is -2.33. The van der Waals surface area contributed by atoms with Crippen LogP contribution in [0.15, 0.2) is 16.0 Å². The standard InChI is InChI=1S/C16H21N3O2S/c1-10-4-6-22-15(10)9-19-5-3-12-7-13(20-14(12)8-19)16-17-11(2)18-21-16/h4,6,12-14H,3,5,7-9H2,1-2H3/t12-,13-,14+/m0/s1. The van der Waals surface area contributed by atoms with E-state index in [2.05, 4.69) is 33.4 Å². The molecule has 22 heavy (non-hydrogen) atoms. The fourth-order valence-electron chi connectivity index (χ4n) is 3.51. The predicted molar refractivity (Wildman–Crippen MR) is 83.7 cm³/mol. The van der Waals surface area contributed by atoms with Gasteiger partial charge in [0, 0.05) is 18.0 Å². The third kappa shape index (κ3) is 2.71. The van der Waals surface area contributed by atoms with Crippen LogP contribution in [0.4, 0.5) is 0 Å². The molecule has 2 aliphatic rings. The molecule has 6 heteroatoms. The van der Waals surface area contributed by atoms with Gasteiger partial charge in [-0.05, 0) is 56.2 Å². The van der Waals surface area contributed by atoms with Crippen molar-refractivity contribution < 1.29 is 9.26 Å². The molecule has 118 valence electrons. The molecule has 0 radical (unpaired) electrons. The molecule has 2 aliphatic heterocycles. The van der Waals surface area contributed by atoms with Gasteiger partial charge in [0.05, 0.1) is 6.10 Å². The summed E-state index contributed by atoms with van der Waals surface area (Å²) in [4.78, 5) is 8.32. The van der Waals surface area contributed by atoms with E-state index in [1.807, 2.05) is 18.3 Å². The van der Waals surface area contributed by atoms with E-state index in [9.17, 15) is 0 Å². The quantitative estimate of drug-likeness (QED) is 0.870. The molecule has 2 fully saturated rings. The van der Waals surface area contributed by atoms with Gasteiger partial charge in [-0.25, -0.2) is 0 Å². The number of thiophene rings is 1. The number of nitrogens with zero attached hydrogens (tertiary/aromatic N) is 3. The van der Waals surface area contributed by atoms with Crippen molar-refractivity contribution in [2.45, 2.75) is 45.4 Å². The number of hydrogen-bond donors (Lipinski definition) is 0. The van der Waals surface area contributed by atoms with Crippen LogP contribution >= 0.6 is 11.3 Å². The van der Waals surface area contributed by atoms with Crippen molar-refractivity contribution in [2.75, 3.05) is 13.1 Å². The number of piperidine rings is 1. The Morgan fingerprint density at radius 2 is 2.32 bits per heavy atom. The lowest BCUT2D eigenvalue weighted by atomic mass is 9.91. The Morgan fingerprint density at radius 3 is 3.05 bits per heavy atom. The maximum Gasteiger partial charge on any atom is 0.255 e. The number of aryl methyl sites for hydroxylation is 2. The Balaban J connectivity index is 1.40. The summed E-state index contributed by atoms with van der Waals surface area (Å²) in [6.45, 7) is 7.24. The monoisotopic (exact) mass is 319 g/mol. The van der Waals surface area contributed by atoms with Gasteiger partial charge in [0.1, 0.15) is 6.10 Å². The van der Waals surface area contributed by atoms with Gasteiger partial charge in [0.25, 0.3) is 5.89 Å². The molecule has 0 saturated carbocycles. The van der Waals surface area contributed by atoms with Crippen LogP contribution in [0.5, 0.6) is 0 Å². The highest BCUT2D eigenvalue weighted by Crippen LogP contribution is 2.40. The maximum atomic E-state index is 6.21. The van der Waals surface area contributed by atoms with Crippen LogP contribution in [0.1, 0.15) is 41.1 Å². The van der Waals surface area contributed by atoms with Crippen molar-refractivity contribution in [3.05, 3.63) is 33.6 Å². The zero-order valence-corrected chi connectivity index (χ0v) is 13.8. The number of fused-ring (bicyclic) bond motifs is 1. The molecular weight excluding hydrogens is 298 g/mol. The van der Waals surface area contributed by atoms with Gasteiger partial charge in [-0.2, -0.15) is 4.98 Å². The molecule has 0 unspecified atom stereocenters. The van der Waals surface area contributed by atoms with E-state index < -0.39 is 0 Å². The van der Waals surface area contributed by atoms with E-state index in [1.165, 1.54) is 16.9 Å². The lowest BCUT2D eigenvalue weighted by Crippen LogP contribution is -2.41. The van der Waals surface area contributed by atoms with Crippen molar-refractivity contribution in [2.24, 2.45) is 5.92 Å².